The maximum Gasteiger partial charge on any atom is 0.0173 e. The minimum absolute atomic E-state index is 0.293. The van der Waals surface area contributed by atoms with Gasteiger partial charge in [-0.1, -0.05) is 117 Å². The third-order valence-corrected chi connectivity index (χ3v) is 7.20. The molecule has 1 aliphatic rings. The first-order chi connectivity index (χ1) is 14.7. The molecular formula is C30H55. The molecule has 175 valence electrons. The van der Waals surface area contributed by atoms with Crippen LogP contribution in [0.25, 0.3) is 0 Å². The molecule has 0 heterocycles. The van der Waals surface area contributed by atoms with Crippen molar-refractivity contribution in [3.8, 4) is 0 Å². The van der Waals surface area contributed by atoms with Gasteiger partial charge in [0.15, 0.2) is 0 Å². The molecule has 0 N–H and O–H groups in total. The highest BCUT2D eigenvalue weighted by Crippen LogP contribution is 2.52. The summed E-state index contributed by atoms with van der Waals surface area (Å²) in [5.41, 5.74) is 5.62. The molecule has 0 saturated carbocycles. The van der Waals surface area contributed by atoms with Crippen molar-refractivity contribution in [2.45, 2.75) is 163 Å². The Hall–Kier alpha value is -0.520. The highest BCUT2D eigenvalue weighted by atomic mass is 14.4. The van der Waals surface area contributed by atoms with E-state index >= 15 is 0 Å². The standard InChI is InChI=1S/C30H55/c1-6-11-16-21-27-26-30(24-19-14-9-4,25-20-15-10-5)29(23-18-13-8-3)28(27)22-17-12-7-2/h6-25H2,1-5H3. The molecule has 0 bridgehead atoms. The van der Waals surface area contributed by atoms with Crippen LogP contribution >= 0.6 is 0 Å². The summed E-state index contributed by atoms with van der Waals surface area (Å²) in [4.78, 5) is 0. The van der Waals surface area contributed by atoms with Crippen LogP contribution in [0.3, 0.4) is 0 Å². The molecule has 0 spiro atoms. The molecule has 0 aromatic heterocycles. The highest BCUT2D eigenvalue weighted by molar-refractivity contribution is 5.46. The molecule has 0 fully saturated rings. The maximum atomic E-state index is 4.28. The minimum atomic E-state index is 0.293. The first-order valence-electron chi connectivity index (χ1n) is 14.1. The molecule has 0 aromatic rings. The lowest BCUT2D eigenvalue weighted by Gasteiger charge is -2.32. The predicted octanol–water partition coefficient (Wildman–Crippen LogP) is 10.9. The summed E-state index contributed by atoms with van der Waals surface area (Å²) in [6, 6.07) is 0. The molecule has 0 aliphatic heterocycles. The van der Waals surface area contributed by atoms with Crippen molar-refractivity contribution in [2.24, 2.45) is 5.41 Å². The Balaban J connectivity index is 3.23. The maximum absolute atomic E-state index is 4.28. The fourth-order valence-corrected chi connectivity index (χ4v) is 5.38. The van der Waals surface area contributed by atoms with Crippen LogP contribution < -0.4 is 0 Å². The number of allylic oxidation sites excluding steroid dienone is 4. The Labute approximate surface area is 191 Å². The largest absolute Gasteiger partial charge is 0.0654 e. The van der Waals surface area contributed by atoms with Crippen LogP contribution in [0.2, 0.25) is 0 Å². The number of unbranched alkanes of at least 4 members (excludes halogenated alkanes) is 10. The monoisotopic (exact) mass is 415 g/mol. The van der Waals surface area contributed by atoms with Gasteiger partial charge in [0.1, 0.15) is 0 Å². The quantitative estimate of drug-likeness (QED) is 0.173. The van der Waals surface area contributed by atoms with E-state index in [2.05, 4.69) is 40.7 Å². The molecule has 0 amide bonds. The lowest BCUT2D eigenvalue weighted by Crippen LogP contribution is -2.21. The van der Waals surface area contributed by atoms with Crippen LogP contribution in [0.5, 0.6) is 0 Å². The van der Waals surface area contributed by atoms with E-state index in [-0.39, 0.29) is 0 Å². The van der Waals surface area contributed by atoms with Crippen LogP contribution in [-0.2, 0) is 0 Å². The summed E-state index contributed by atoms with van der Waals surface area (Å²) < 4.78 is 0. The first-order valence-corrected chi connectivity index (χ1v) is 14.1. The molecule has 1 radical (unpaired) electrons. The average molecular weight is 416 g/mol. The van der Waals surface area contributed by atoms with E-state index < -0.39 is 0 Å². The first kappa shape index (κ1) is 27.5. The average Bonchev–Trinajstić information content (AvgIpc) is 3.02. The zero-order valence-corrected chi connectivity index (χ0v) is 21.6. The molecule has 0 unspecified atom stereocenters. The summed E-state index contributed by atoms with van der Waals surface area (Å²) in [6.45, 7) is 11.7. The molecule has 0 atom stereocenters. The zero-order chi connectivity index (χ0) is 22.1. The van der Waals surface area contributed by atoms with Gasteiger partial charge in [-0.05, 0) is 68.6 Å². The molecule has 30 heavy (non-hydrogen) atoms. The van der Waals surface area contributed by atoms with E-state index in [1.165, 1.54) is 128 Å². The lowest BCUT2D eigenvalue weighted by molar-refractivity contribution is 0.335. The van der Waals surface area contributed by atoms with Crippen molar-refractivity contribution in [2.75, 3.05) is 0 Å². The van der Waals surface area contributed by atoms with Crippen LogP contribution in [-0.4, -0.2) is 0 Å². The van der Waals surface area contributed by atoms with Gasteiger partial charge in [-0.3, -0.25) is 0 Å². The SMILES string of the molecule is CCCCCC1=[C]C(CCCCC)(CCCCC)C(CCCCC)=C1CCCCC. The van der Waals surface area contributed by atoms with Crippen molar-refractivity contribution < 1.29 is 0 Å². The number of hydrogen-bond acceptors (Lipinski definition) is 0. The van der Waals surface area contributed by atoms with E-state index in [0.717, 1.165) is 0 Å². The molecule has 0 saturated heterocycles. The normalized spacial score (nSPS) is 15.8. The second-order valence-electron chi connectivity index (χ2n) is 9.93. The van der Waals surface area contributed by atoms with Crippen molar-refractivity contribution in [3.05, 3.63) is 22.8 Å². The molecule has 0 aromatic carbocycles. The van der Waals surface area contributed by atoms with Gasteiger partial charge in [0.05, 0.1) is 0 Å². The van der Waals surface area contributed by atoms with Crippen molar-refractivity contribution in [1.29, 1.82) is 0 Å². The predicted molar refractivity (Wildman–Crippen MR) is 137 cm³/mol. The third-order valence-electron chi connectivity index (χ3n) is 7.20. The van der Waals surface area contributed by atoms with Gasteiger partial charge >= 0.3 is 0 Å². The Morgan fingerprint density at radius 3 is 1.43 bits per heavy atom. The summed E-state index contributed by atoms with van der Waals surface area (Å²) >= 11 is 0. The van der Waals surface area contributed by atoms with Gasteiger partial charge in [-0.2, -0.15) is 0 Å². The van der Waals surface area contributed by atoms with Gasteiger partial charge in [0, 0.05) is 5.41 Å². The van der Waals surface area contributed by atoms with Gasteiger partial charge in [-0.15, -0.1) is 0 Å². The fourth-order valence-electron chi connectivity index (χ4n) is 5.38. The van der Waals surface area contributed by atoms with Crippen LogP contribution in [0.4, 0.5) is 0 Å². The van der Waals surface area contributed by atoms with Crippen molar-refractivity contribution >= 4 is 0 Å². The molecule has 1 aliphatic carbocycles. The fraction of sp³-hybridized carbons (Fsp3) is 0.867. The number of hydrogen-bond donors (Lipinski definition) is 0. The smallest absolute Gasteiger partial charge is 0.0173 e. The van der Waals surface area contributed by atoms with Gasteiger partial charge in [-0.25, -0.2) is 0 Å². The van der Waals surface area contributed by atoms with Crippen LogP contribution in [0.15, 0.2) is 16.7 Å². The van der Waals surface area contributed by atoms with E-state index in [0.29, 0.717) is 5.41 Å². The Kier molecular flexibility index (Phi) is 15.7. The highest BCUT2D eigenvalue weighted by Gasteiger charge is 2.38. The summed E-state index contributed by atoms with van der Waals surface area (Å²) in [5, 5.41) is 0. The zero-order valence-electron chi connectivity index (χ0n) is 21.6. The van der Waals surface area contributed by atoms with E-state index in [4.69, 9.17) is 0 Å². The van der Waals surface area contributed by atoms with Crippen LogP contribution in [0.1, 0.15) is 163 Å². The van der Waals surface area contributed by atoms with Crippen molar-refractivity contribution in [1.82, 2.24) is 0 Å². The van der Waals surface area contributed by atoms with E-state index in [1.807, 2.05) is 5.57 Å². The molecule has 0 nitrogen and oxygen atoms in total. The van der Waals surface area contributed by atoms with E-state index in [9.17, 15) is 0 Å². The van der Waals surface area contributed by atoms with Gasteiger partial charge in [0.2, 0.25) is 0 Å². The van der Waals surface area contributed by atoms with Gasteiger partial charge < -0.3 is 0 Å². The lowest BCUT2D eigenvalue weighted by atomic mass is 9.71. The Morgan fingerprint density at radius 2 is 0.933 bits per heavy atom. The minimum Gasteiger partial charge on any atom is -0.0654 e. The van der Waals surface area contributed by atoms with Gasteiger partial charge in [0.25, 0.3) is 0 Å². The second kappa shape index (κ2) is 17.1. The molecular weight excluding hydrogens is 360 g/mol. The second-order valence-corrected chi connectivity index (χ2v) is 9.93. The summed E-state index contributed by atoms with van der Waals surface area (Å²) in [6.07, 6.45) is 31.4. The van der Waals surface area contributed by atoms with Crippen molar-refractivity contribution in [3.63, 3.8) is 0 Å². The Bertz CT molecular complexity index is 468. The topological polar surface area (TPSA) is 0 Å². The van der Waals surface area contributed by atoms with E-state index in [1.54, 1.807) is 11.1 Å². The summed E-state index contributed by atoms with van der Waals surface area (Å²) in [5.74, 6) is 0. The number of rotatable bonds is 20. The molecule has 1 rings (SSSR count). The third kappa shape index (κ3) is 9.32. The summed E-state index contributed by atoms with van der Waals surface area (Å²) in [7, 11) is 0. The Morgan fingerprint density at radius 1 is 0.500 bits per heavy atom. The van der Waals surface area contributed by atoms with Crippen LogP contribution in [0, 0.1) is 11.5 Å². The molecule has 0 heteroatoms.